The summed E-state index contributed by atoms with van der Waals surface area (Å²) in [6.07, 6.45) is 6.29. The van der Waals surface area contributed by atoms with Crippen molar-refractivity contribution in [2.45, 2.75) is 58.1 Å². The molecule has 4 heteroatoms. The molecule has 0 radical (unpaired) electrons. The van der Waals surface area contributed by atoms with E-state index in [0.29, 0.717) is 12.0 Å². The fraction of sp³-hybridized carbons (Fsp3) is 0.933. The Morgan fingerprint density at radius 3 is 2.58 bits per heavy atom. The van der Waals surface area contributed by atoms with Crippen molar-refractivity contribution in [3.63, 3.8) is 0 Å². The molecular weight excluding hydrogens is 240 g/mol. The number of likely N-dealkylation sites (tertiary alicyclic amines) is 1. The second-order valence-electron chi connectivity index (χ2n) is 5.99. The van der Waals surface area contributed by atoms with Gasteiger partial charge in [0.25, 0.3) is 0 Å². The highest BCUT2D eigenvalue weighted by molar-refractivity contribution is 5.81. The molecule has 4 nitrogen and oxygen atoms in total. The molecule has 0 aromatic rings. The number of ether oxygens (including phenoxy) is 1. The maximum absolute atomic E-state index is 12.4. The van der Waals surface area contributed by atoms with Crippen LogP contribution in [-0.4, -0.2) is 49.2 Å². The van der Waals surface area contributed by atoms with Crippen LogP contribution in [0.15, 0.2) is 0 Å². The third-order valence-electron chi connectivity index (χ3n) is 4.51. The van der Waals surface area contributed by atoms with Crippen molar-refractivity contribution >= 4 is 5.91 Å². The standard InChI is InChI=1S/C15H28N2O2/c1-12(16-11-14-7-10-19-13(14)2)15(18)17-8-5-3-4-6-9-17/h12-14,16H,3-11H2,1-2H3. The van der Waals surface area contributed by atoms with Crippen LogP contribution in [0.4, 0.5) is 0 Å². The van der Waals surface area contributed by atoms with Gasteiger partial charge < -0.3 is 15.0 Å². The maximum atomic E-state index is 12.4. The molecule has 110 valence electrons. The average Bonchev–Trinajstić information content (AvgIpc) is 2.68. The second-order valence-corrected chi connectivity index (χ2v) is 5.99. The third kappa shape index (κ3) is 4.18. The SMILES string of the molecule is CC(NCC1CCOC1C)C(=O)N1CCCCCC1. The minimum atomic E-state index is -0.0640. The summed E-state index contributed by atoms with van der Waals surface area (Å²) in [4.78, 5) is 14.4. The highest BCUT2D eigenvalue weighted by Gasteiger charge is 2.26. The normalized spacial score (nSPS) is 30.1. The van der Waals surface area contributed by atoms with Gasteiger partial charge in [-0.25, -0.2) is 0 Å². The van der Waals surface area contributed by atoms with Gasteiger partial charge >= 0.3 is 0 Å². The number of nitrogens with zero attached hydrogens (tertiary/aromatic N) is 1. The molecule has 2 aliphatic rings. The van der Waals surface area contributed by atoms with E-state index in [0.717, 1.165) is 45.5 Å². The lowest BCUT2D eigenvalue weighted by Gasteiger charge is -2.26. The Labute approximate surface area is 116 Å². The summed E-state index contributed by atoms with van der Waals surface area (Å²) >= 11 is 0. The van der Waals surface area contributed by atoms with Crippen molar-refractivity contribution < 1.29 is 9.53 Å². The van der Waals surface area contributed by atoms with E-state index in [2.05, 4.69) is 12.2 Å². The van der Waals surface area contributed by atoms with Crippen LogP contribution >= 0.6 is 0 Å². The predicted molar refractivity (Wildman–Crippen MR) is 76.0 cm³/mol. The van der Waals surface area contributed by atoms with Crippen LogP contribution in [0, 0.1) is 5.92 Å². The molecule has 0 bridgehead atoms. The van der Waals surface area contributed by atoms with Gasteiger partial charge in [0.1, 0.15) is 0 Å². The summed E-state index contributed by atoms with van der Waals surface area (Å²) in [5, 5.41) is 3.40. The number of nitrogens with one attached hydrogen (secondary N) is 1. The van der Waals surface area contributed by atoms with Gasteiger partial charge in [0.05, 0.1) is 12.1 Å². The van der Waals surface area contributed by atoms with E-state index in [4.69, 9.17) is 4.74 Å². The van der Waals surface area contributed by atoms with E-state index in [1.165, 1.54) is 12.8 Å². The topological polar surface area (TPSA) is 41.6 Å². The van der Waals surface area contributed by atoms with Crippen LogP contribution in [0.2, 0.25) is 0 Å². The number of amides is 1. The number of carbonyl (C=O) groups excluding carboxylic acids is 1. The minimum Gasteiger partial charge on any atom is -0.378 e. The molecule has 19 heavy (non-hydrogen) atoms. The fourth-order valence-corrected chi connectivity index (χ4v) is 3.02. The van der Waals surface area contributed by atoms with Crippen LogP contribution in [0.25, 0.3) is 0 Å². The van der Waals surface area contributed by atoms with E-state index in [1.54, 1.807) is 0 Å². The number of rotatable bonds is 4. The summed E-state index contributed by atoms with van der Waals surface area (Å²) in [6.45, 7) is 7.75. The molecule has 2 rings (SSSR count). The minimum absolute atomic E-state index is 0.0640. The first-order valence-corrected chi connectivity index (χ1v) is 7.82. The Morgan fingerprint density at radius 2 is 2.00 bits per heavy atom. The Bertz CT molecular complexity index is 288. The van der Waals surface area contributed by atoms with Gasteiger partial charge in [-0.05, 0) is 39.0 Å². The summed E-state index contributed by atoms with van der Waals surface area (Å²) in [5.74, 6) is 0.827. The number of hydrogen-bond donors (Lipinski definition) is 1. The Hall–Kier alpha value is -0.610. The van der Waals surface area contributed by atoms with Gasteiger partial charge in [-0.15, -0.1) is 0 Å². The molecule has 2 fully saturated rings. The summed E-state index contributed by atoms with van der Waals surface area (Å²) in [6, 6.07) is -0.0640. The molecule has 2 saturated heterocycles. The first kappa shape index (κ1) is 14.8. The smallest absolute Gasteiger partial charge is 0.239 e. The summed E-state index contributed by atoms with van der Waals surface area (Å²) < 4.78 is 5.56. The molecule has 3 unspecified atom stereocenters. The molecule has 0 aromatic carbocycles. The molecule has 3 atom stereocenters. The van der Waals surface area contributed by atoms with Crippen molar-refractivity contribution in [2.24, 2.45) is 5.92 Å². The van der Waals surface area contributed by atoms with Gasteiger partial charge in [0.15, 0.2) is 0 Å². The van der Waals surface area contributed by atoms with Gasteiger partial charge in [0.2, 0.25) is 5.91 Å². The molecule has 0 aromatic heterocycles. The number of carbonyl (C=O) groups is 1. The first-order valence-electron chi connectivity index (χ1n) is 7.82. The second kappa shape index (κ2) is 7.25. The van der Waals surface area contributed by atoms with E-state index < -0.39 is 0 Å². The van der Waals surface area contributed by atoms with Crippen LogP contribution in [0.1, 0.15) is 46.0 Å². The zero-order valence-corrected chi connectivity index (χ0v) is 12.4. The van der Waals surface area contributed by atoms with Gasteiger partial charge in [-0.1, -0.05) is 12.8 Å². The van der Waals surface area contributed by atoms with E-state index >= 15 is 0 Å². The van der Waals surface area contributed by atoms with Gasteiger partial charge in [-0.2, -0.15) is 0 Å². The van der Waals surface area contributed by atoms with Crippen LogP contribution in [0.3, 0.4) is 0 Å². The Morgan fingerprint density at radius 1 is 1.32 bits per heavy atom. The lowest BCUT2D eigenvalue weighted by Crippen LogP contribution is -2.46. The molecule has 2 heterocycles. The van der Waals surface area contributed by atoms with Crippen molar-refractivity contribution in [3.8, 4) is 0 Å². The molecule has 0 aliphatic carbocycles. The molecule has 0 spiro atoms. The molecule has 1 N–H and O–H groups in total. The van der Waals surface area contributed by atoms with Crippen molar-refractivity contribution in [1.29, 1.82) is 0 Å². The predicted octanol–water partition coefficient (Wildman–Crippen LogP) is 1.79. The Kier molecular flexibility index (Phi) is 5.64. The zero-order valence-electron chi connectivity index (χ0n) is 12.4. The largest absolute Gasteiger partial charge is 0.378 e. The van der Waals surface area contributed by atoms with E-state index in [1.807, 2.05) is 11.8 Å². The van der Waals surface area contributed by atoms with Crippen LogP contribution < -0.4 is 5.32 Å². The summed E-state index contributed by atoms with van der Waals surface area (Å²) in [7, 11) is 0. The van der Waals surface area contributed by atoms with Gasteiger partial charge in [0, 0.05) is 26.2 Å². The van der Waals surface area contributed by atoms with Crippen molar-refractivity contribution in [3.05, 3.63) is 0 Å². The molecule has 2 aliphatic heterocycles. The van der Waals surface area contributed by atoms with Crippen LogP contribution in [-0.2, 0) is 9.53 Å². The highest BCUT2D eigenvalue weighted by Crippen LogP contribution is 2.19. The molecular formula is C15H28N2O2. The fourth-order valence-electron chi connectivity index (χ4n) is 3.02. The number of hydrogen-bond acceptors (Lipinski definition) is 3. The monoisotopic (exact) mass is 268 g/mol. The third-order valence-corrected chi connectivity index (χ3v) is 4.51. The van der Waals surface area contributed by atoms with E-state index in [-0.39, 0.29) is 11.9 Å². The van der Waals surface area contributed by atoms with Crippen molar-refractivity contribution in [1.82, 2.24) is 10.2 Å². The molecule has 1 amide bonds. The average molecular weight is 268 g/mol. The zero-order chi connectivity index (χ0) is 13.7. The highest BCUT2D eigenvalue weighted by atomic mass is 16.5. The lowest BCUT2D eigenvalue weighted by molar-refractivity contribution is -0.133. The van der Waals surface area contributed by atoms with Crippen molar-refractivity contribution in [2.75, 3.05) is 26.2 Å². The lowest BCUT2D eigenvalue weighted by atomic mass is 10.0. The quantitative estimate of drug-likeness (QED) is 0.845. The first-order chi connectivity index (χ1) is 9.18. The van der Waals surface area contributed by atoms with Gasteiger partial charge in [-0.3, -0.25) is 4.79 Å². The van der Waals surface area contributed by atoms with Crippen LogP contribution in [0.5, 0.6) is 0 Å². The maximum Gasteiger partial charge on any atom is 0.239 e. The molecule has 0 saturated carbocycles. The Balaban J connectivity index is 1.74. The van der Waals surface area contributed by atoms with E-state index in [9.17, 15) is 4.79 Å². The summed E-state index contributed by atoms with van der Waals surface area (Å²) in [5.41, 5.74) is 0.